The van der Waals surface area contributed by atoms with Crippen LogP contribution in [0.3, 0.4) is 0 Å². The molecule has 0 fully saturated rings. The van der Waals surface area contributed by atoms with Crippen LogP contribution >= 0.6 is 0 Å². The number of rotatable bonds is 3. The normalized spacial score (nSPS) is 8.79. The van der Waals surface area contributed by atoms with Crippen molar-refractivity contribution in [3.8, 4) is 18.4 Å². The molecule has 0 aliphatic heterocycles. The average Bonchev–Trinajstić information content (AvgIpc) is 2.26. The number of nitrogens with zero attached hydrogens (tertiary/aromatic N) is 2. The Balaban J connectivity index is 2.86. The van der Waals surface area contributed by atoms with Crippen molar-refractivity contribution in [3.63, 3.8) is 0 Å². The topological polar surface area (TPSA) is 27.0 Å². The van der Waals surface area contributed by atoms with Crippen molar-refractivity contribution in [2.45, 2.75) is 6.92 Å². The Labute approximate surface area is 84.8 Å². The summed E-state index contributed by atoms with van der Waals surface area (Å²) in [6.45, 7) is 3.52. The standard InChI is InChI=1S/C12H12N2/c1-3-9-14(4-2)12-7-5-11(10-13)6-8-12/h1,5-8H,4,9H2,2H3. The fraction of sp³-hybridized carbons (Fsp3) is 0.250. The summed E-state index contributed by atoms with van der Waals surface area (Å²) >= 11 is 0. The van der Waals surface area contributed by atoms with E-state index in [4.69, 9.17) is 11.7 Å². The molecule has 1 aromatic carbocycles. The van der Waals surface area contributed by atoms with Crippen LogP contribution in [-0.2, 0) is 0 Å². The van der Waals surface area contributed by atoms with Crippen molar-refractivity contribution in [1.82, 2.24) is 0 Å². The molecule has 0 radical (unpaired) electrons. The fourth-order valence-electron chi connectivity index (χ4n) is 1.24. The molecule has 0 aromatic heterocycles. The third-order valence-electron chi connectivity index (χ3n) is 2.03. The first kappa shape index (κ1) is 10.2. The third kappa shape index (κ3) is 2.28. The summed E-state index contributed by atoms with van der Waals surface area (Å²) in [5.41, 5.74) is 1.73. The molecule has 70 valence electrons. The van der Waals surface area contributed by atoms with Crippen molar-refractivity contribution in [2.24, 2.45) is 0 Å². The summed E-state index contributed by atoms with van der Waals surface area (Å²) in [6, 6.07) is 9.52. The minimum atomic E-state index is 0.600. The molecule has 1 aromatic rings. The Bertz CT molecular complexity index is 365. The summed E-state index contributed by atoms with van der Waals surface area (Å²) in [6.07, 6.45) is 5.25. The van der Waals surface area contributed by atoms with E-state index in [1.54, 1.807) is 12.1 Å². The minimum Gasteiger partial charge on any atom is -0.361 e. The highest BCUT2D eigenvalue weighted by molar-refractivity contribution is 5.50. The molecule has 2 nitrogen and oxygen atoms in total. The van der Waals surface area contributed by atoms with Crippen LogP contribution in [0.15, 0.2) is 24.3 Å². The van der Waals surface area contributed by atoms with E-state index in [1.807, 2.05) is 12.1 Å². The van der Waals surface area contributed by atoms with Gasteiger partial charge in [-0.25, -0.2) is 0 Å². The van der Waals surface area contributed by atoms with Gasteiger partial charge >= 0.3 is 0 Å². The predicted molar refractivity (Wildman–Crippen MR) is 57.9 cm³/mol. The lowest BCUT2D eigenvalue weighted by molar-refractivity contribution is 0.918. The van der Waals surface area contributed by atoms with E-state index in [9.17, 15) is 0 Å². The molecule has 0 atom stereocenters. The molecule has 14 heavy (non-hydrogen) atoms. The van der Waals surface area contributed by atoms with Gasteiger partial charge in [-0.05, 0) is 31.2 Å². The van der Waals surface area contributed by atoms with Gasteiger partial charge in [0.15, 0.2) is 0 Å². The summed E-state index contributed by atoms with van der Waals surface area (Å²) in [5, 5.41) is 8.63. The quantitative estimate of drug-likeness (QED) is 0.672. The van der Waals surface area contributed by atoms with Crippen molar-refractivity contribution in [2.75, 3.05) is 18.0 Å². The van der Waals surface area contributed by atoms with Gasteiger partial charge in [0.2, 0.25) is 0 Å². The molecule has 1 rings (SSSR count). The van der Waals surface area contributed by atoms with Gasteiger partial charge < -0.3 is 4.90 Å². The van der Waals surface area contributed by atoms with Crippen LogP contribution in [-0.4, -0.2) is 13.1 Å². The molecular formula is C12H12N2. The molecule has 2 heteroatoms. The molecule has 0 heterocycles. The number of anilines is 1. The van der Waals surface area contributed by atoms with Crippen molar-refractivity contribution >= 4 is 5.69 Å². The number of terminal acetylenes is 1. The third-order valence-corrected chi connectivity index (χ3v) is 2.03. The van der Waals surface area contributed by atoms with Gasteiger partial charge in [-0.15, -0.1) is 6.42 Å². The van der Waals surface area contributed by atoms with E-state index >= 15 is 0 Å². The Morgan fingerprint density at radius 2 is 2.00 bits per heavy atom. The Morgan fingerprint density at radius 1 is 1.36 bits per heavy atom. The molecule has 0 aliphatic rings. The maximum Gasteiger partial charge on any atom is 0.0991 e. The molecule has 0 N–H and O–H groups in total. The van der Waals surface area contributed by atoms with Gasteiger partial charge in [0.1, 0.15) is 0 Å². The van der Waals surface area contributed by atoms with E-state index in [2.05, 4.69) is 23.8 Å². The van der Waals surface area contributed by atoms with E-state index in [-0.39, 0.29) is 0 Å². The summed E-state index contributed by atoms with van der Waals surface area (Å²) < 4.78 is 0. The first-order valence-electron chi connectivity index (χ1n) is 4.50. The van der Waals surface area contributed by atoms with Crippen molar-refractivity contribution in [3.05, 3.63) is 29.8 Å². The van der Waals surface area contributed by atoms with Gasteiger partial charge in [-0.2, -0.15) is 5.26 Å². The maximum atomic E-state index is 8.63. The zero-order valence-corrected chi connectivity index (χ0v) is 8.20. The van der Waals surface area contributed by atoms with Crippen LogP contribution in [0.4, 0.5) is 5.69 Å². The van der Waals surface area contributed by atoms with Gasteiger partial charge in [0.25, 0.3) is 0 Å². The van der Waals surface area contributed by atoms with Crippen LogP contribution in [0.25, 0.3) is 0 Å². The Kier molecular flexibility index (Phi) is 3.58. The lowest BCUT2D eigenvalue weighted by atomic mass is 10.2. The highest BCUT2D eigenvalue weighted by Gasteiger charge is 2.01. The number of nitriles is 1. The monoisotopic (exact) mass is 184 g/mol. The van der Waals surface area contributed by atoms with E-state index in [1.165, 1.54) is 0 Å². The number of hydrogen-bond acceptors (Lipinski definition) is 2. The van der Waals surface area contributed by atoms with Crippen LogP contribution in [0.5, 0.6) is 0 Å². The molecule has 0 saturated carbocycles. The van der Waals surface area contributed by atoms with Crippen LogP contribution in [0.2, 0.25) is 0 Å². The maximum absolute atomic E-state index is 8.63. The highest BCUT2D eigenvalue weighted by Crippen LogP contribution is 2.13. The smallest absolute Gasteiger partial charge is 0.0991 e. The van der Waals surface area contributed by atoms with Gasteiger partial charge in [-0.3, -0.25) is 0 Å². The second-order valence-electron chi connectivity index (χ2n) is 2.88. The zero-order chi connectivity index (χ0) is 10.4. The van der Waals surface area contributed by atoms with Gasteiger partial charge in [0.05, 0.1) is 18.2 Å². The summed E-state index contributed by atoms with van der Waals surface area (Å²) in [4.78, 5) is 2.07. The first-order chi connectivity index (χ1) is 6.81. The number of hydrogen-bond donors (Lipinski definition) is 0. The van der Waals surface area contributed by atoms with Crippen LogP contribution in [0, 0.1) is 23.7 Å². The molecule has 0 unspecified atom stereocenters. The largest absolute Gasteiger partial charge is 0.361 e. The van der Waals surface area contributed by atoms with E-state index in [0.717, 1.165) is 12.2 Å². The van der Waals surface area contributed by atoms with Gasteiger partial charge in [-0.1, -0.05) is 5.92 Å². The molecule has 0 spiro atoms. The van der Waals surface area contributed by atoms with Crippen molar-refractivity contribution in [1.29, 1.82) is 5.26 Å². The first-order valence-corrected chi connectivity index (χ1v) is 4.50. The van der Waals surface area contributed by atoms with Crippen LogP contribution < -0.4 is 4.90 Å². The molecule has 0 bridgehead atoms. The lowest BCUT2D eigenvalue weighted by Crippen LogP contribution is -2.22. The molecular weight excluding hydrogens is 172 g/mol. The molecule has 0 saturated heterocycles. The molecule has 0 aliphatic carbocycles. The SMILES string of the molecule is C#CCN(CC)c1ccc(C#N)cc1. The average molecular weight is 184 g/mol. The van der Waals surface area contributed by atoms with E-state index in [0.29, 0.717) is 12.1 Å². The highest BCUT2D eigenvalue weighted by atomic mass is 15.1. The predicted octanol–water partition coefficient (Wildman–Crippen LogP) is 2.02. The zero-order valence-electron chi connectivity index (χ0n) is 8.20. The molecule has 0 amide bonds. The fourth-order valence-corrected chi connectivity index (χ4v) is 1.24. The lowest BCUT2D eigenvalue weighted by Gasteiger charge is -2.19. The van der Waals surface area contributed by atoms with Gasteiger partial charge in [0, 0.05) is 12.2 Å². The Hall–Kier alpha value is -1.93. The number of benzene rings is 1. The van der Waals surface area contributed by atoms with E-state index < -0.39 is 0 Å². The summed E-state index contributed by atoms with van der Waals surface area (Å²) in [5.74, 6) is 2.61. The van der Waals surface area contributed by atoms with Crippen LogP contribution in [0.1, 0.15) is 12.5 Å². The van der Waals surface area contributed by atoms with Crippen molar-refractivity contribution < 1.29 is 0 Å². The second-order valence-corrected chi connectivity index (χ2v) is 2.88. The summed E-state index contributed by atoms with van der Waals surface area (Å²) in [7, 11) is 0. The minimum absolute atomic E-state index is 0.600. The Morgan fingerprint density at radius 3 is 2.43 bits per heavy atom. The second kappa shape index (κ2) is 4.94.